The second-order valence-corrected chi connectivity index (χ2v) is 5.31. The molecule has 0 spiro atoms. The maximum atomic E-state index is 13.7. The molecule has 2 rings (SSSR count). The van der Waals surface area contributed by atoms with Crippen molar-refractivity contribution in [3.05, 3.63) is 59.7 Å². The highest BCUT2D eigenvalue weighted by molar-refractivity contribution is 7.99. The van der Waals surface area contributed by atoms with Crippen LogP contribution in [-0.4, -0.2) is 0 Å². The van der Waals surface area contributed by atoms with Crippen molar-refractivity contribution in [2.24, 2.45) is 5.73 Å². The summed E-state index contributed by atoms with van der Waals surface area (Å²) >= 11 is 1.27. The van der Waals surface area contributed by atoms with Crippen molar-refractivity contribution in [2.45, 2.75) is 29.2 Å². The molecule has 2 aromatic rings. The fourth-order valence-electron chi connectivity index (χ4n) is 1.78. The molecule has 0 aliphatic rings. The molecule has 0 saturated heterocycles. The van der Waals surface area contributed by atoms with Crippen LogP contribution in [0.15, 0.2) is 52.3 Å². The van der Waals surface area contributed by atoms with Gasteiger partial charge in [-0.15, -0.1) is 0 Å². The smallest absolute Gasteiger partial charge is 0.140 e. The molecule has 0 amide bonds. The molecule has 0 aliphatic heterocycles. The van der Waals surface area contributed by atoms with Gasteiger partial charge in [-0.25, -0.2) is 8.78 Å². The molecule has 4 heteroatoms. The molecule has 1 nitrogen and oxygen atoms in total. The van der Waals surface area contributed by atoms with E-state index in [1.807, 2.05) is 31.2 Å². The van der Waals surface area contributed by atoms with Gasteiger partial charge in [0.1, 0.15) is 11.6 Å². The Balaban J connectivity index is 2.33. The third-order valence-corrected chi connectivity index (χ3v) is 4.01. The summed E-state index contributed by atoms with van der Waals surface area (Å²) in [5.74, 6) is -1.12. The normalized spacial score (nSPS) is 12.4. The van der Waals surface area contributed by atoms with Gasteiger partial charge in [-0.1, -0.05) is 36.9 Å². The minimum atomic E-state index is -0.569. The molecule has 0 radical (unpaired) electrons. The fourth-order valence-corrected chi connectivity index (χ4v) is 2.79. The van der Waals surface area contributed by atoms with Crippen LogP contribution in [0.4, 0.5) is 8.78 Å². The number of hydrogen-bond donors (Lipinski definition) is 1. The third kappa shape index (κ3) is 3.33. The first kappa shape index (κ1) is 14.0. The van der Waals surface area contributed by atoms with Gasteiger partial charge in [0.25, 0.3) is 0 Å². The lowest BCUT2D eigenvalue weighted by molar-refractivity contribution is 0.565. The molecule has 2 aromatic carbocycles. The molecule has 1 unspecified atom stereocenters. The average molecular weight is 279 g/mol. The molecule has 0 heterocycles. The maximum Gasteiger partial charge on any atom is 0.140 e. The number of nitrogens with two attached hydrogens (primary N) is 1. The summed E-state index contributed by atoms with van der Waals surface area (Å²) in [6.45, 7) is 2.00. The van der Waals surface area contributed by atoms with Crippen LogP contribution in [0.3, 0.4) is 0 Å². The molecule has 0 fully saturated rings. The lowest BCUT2D eigenvalue weighted by Gasteiger charge is -2.14. The van der Waals surface area contributed by atoms with Gasteiger partial charge in [0.2, 0.25) is 0 Å². The van der Waals surface area contributed by atoms with Crippen LogP contribution in [0.1, 0.15) is 24.9 Å². The molecule has 1 atom stereocenters. The predicted molar refractivity (Wildman–Crippen MR) is 74.1 cm³/mol. The fraction of sp³-hybridized carbons (Fsp3) is 0.200. The van der Waals surface area contributed by atoms with E-state index in [1.165, 1.54) is 23.9 Å². The maximum absolute atomic E-state index is 13.7. The van der Waals surface area contributed by atoms with Gasteiger partial charge in [-0.05, 0) is 30.2 Å². The molecule has 0 aliphatic carbocycles. The van der Waals surface area contributed by atoms with Crippen molar-refractivity contribution in [3.63, 3.8) is 0 Å². The highest BCUT2D eigenvalue weighted by Gasteiger charge is 2.12. The zero-order chi connectivity index (χ0) is 13.8. The molecule has 19 heavy (non-hydrogen) atoms. The monoisotopic (exact) mass is 279 g/mol. The topological polar surface area (TPSA) is 26.0 Å². The van der Waals surface area contributed by atoms with Gasteiger partial charge in [0.05, 0.1) is 0 Å². The Kier molecular flexibility index (Phi) is 4.56. The summed E-state index contributed by atoms with van der Waals surface area (Å²) in [4.78, 5) is 1.31. The van der Waals surface area contributed by atoms with Crippen LogP contribution >= 0.6 is 11.8 Å². The van der Waals surface area contributed by atoms with E-state index in [9.17, 15) is 8.78 Å². The number of rotatable bonds is 4. The van der Waals surface area contributed by atoms with Crippen LogP contribution in [-0.2, 0) is 0 Å². The third-order valence-electron chi connectivity index (χ3n) is 2.87. The summed E-state index contributed by atoms with van der Waals surface area (Å²) in [7, 11) is 0. The van der Waals surface area contributed by atoms with Crippen LogP contribution < -0.4 is 5.73 Å². The van der Waals surface area contributed by atoms with Crippen LogP contribution in [0.2, 0.25) is 0 Å². The Hall–Kier alpha value is -1.39. The Morgan fingerprint density at radius 1 is 1.11 bits per heavy atom. The minimum absolute atomic E-state index is 0.0767. The lowest BCUT2D eigenvalue weighted by Crippen LogP contribution is -2.09. The first-order chi connectivity index (χ1) is 9.11. The van der Waals surface area contributed by atoms with Gasteiger partial charge in [0.15, 0.2) is 0 Å². The van der Waals surface area contributed by atoms with E-state index >= 15 is 0 Å². The highest BCUT2D eigenvalue weighted by atomic mass is 32.2. The van der Waals surface area contributed by atoms with Crippen LogP contribution in [0, 0.1) is 11.6 Å². The van der Waals surface area contributed by atoms with Crippen molar-refractivity contribution in [1.29, 1.82) is 0 Å². The number of halogens is 2. The van der Waals surface area contributed by atoms with E-state index in [4.69, 9.17) is 5.73 Å². The Morgan fingerprint density at radius 2 is 1.84 bits per heavy atom. The Bertz CT molecular complexity index is 572. The second-order valence-electron chi connectivity index (χ2n) is 4.23. The van der Waals surface area contributed by atoms with E-state index in [2.05, 4.69) is 0 Å². The van der Waals surface area contributed by atoms with Gasteiger partial charge in [-0.3, -0.25) is 0 Å². The van der Waals surface area contributed by atoms with Crippen molar-refractivity contribution in [3.8, 4) is 0 Å². The summed E-state index contributed by atoms with van der Waals surface area (Å²) in [6, 6.07) is 11.2. The van der Waals surface area contributed by atoms with Gasteiger partial charge < -0.3 is 5.73 Å². The minimum Gasteiger partial charge on any atom is -0.324 e. The van der Waals surface area contributed by atoms with E-state index in [0.29, 0.717) is 4.90 Å². The standard InChI is InChI=1S/C15H15F2NS/c1-2-13(18)11-5-3-4-6-14(11)19-15-8-7-10(16)9-12(15)17/h3-9,13H,2,18H2,1H3. The summed E-state index contributed by atoms with van der Waals surface area (Å²) in [5.41, 5.74) is 7.03. The summed E-state index contributed by atoms with van der Waals surface area (Å²) in [5, 5.41) is 0. The zero-order valence-electron chi connectivity index (χ0n) is 10.6. The van der Waals surface area contributed by atoms with Crippen molar-refractivity contribution in [1.82, 2.24) is 0 Å². The predicted octanol–water partition coefficient (Wildman–Crippen LogP) is 4.53. The van der Waals surface area contributed by atoms with Crippen molar-refractivity contribution in [2.75, 3.05) is 0 Å². The van der Waals surface area contributed by atoms with Gasteiger partial charge in [0, 0.05) is 21.9 Å². The van der Waals surface area contributed by atoms with Crippen molar-refractivity contribution >= 4 is 11.8 Å². The SMILES string of the molecule is CCC(N)c1ccccc1Sc1ccc(F)cc1F. The largest absolute Gasteiger partial charge is 0.324 e. The van der Waals surface area contributed by atoms with E-state index in [0.717, 1.165) is 22.9 Å². The molecule has 100 valence electrons. The average Bonchev–Trinajstić information content (AvgIpc) is 2.41. The zero-order valence-corrected chi connectivity index (χ0v) is 11.4. The van der Waals surface area contributed by atoms with E-state index in [-0.39, 0.29) is 6.04 Å². The first-order valence-electron chi connectivity index (χ1n) is 6.09. The Labute approximate surface area is 115 Å². The Morgan fingerprint density at radius 3 is 2.53 bits per heavy atom. The molecule has 0 saturated carbocycles. The molecule has 0 bridgehead atoms. The van der Waals surface area contributed by atoms with Gasteiger partial charge in [-0.2, -0.15) is 0 Å². The number of benzene rings is 2. The van der Waals surface area contributed by atoms with Crippen LogP contribution in [0.5, 0.6) is 0 Å². The number of hydrogen-bond acceptors (Lipinski definition) is 2. The van der Waals surface area contributed by atoms with E-state index in [1.54, 1.807) is 0 Å². The lowest BCUT2D eigenvalue weighted by atomic mass is 10.1. The van der Waals surface area contributed by atoms with Gasteiger partial charge >= 0.3 is 0 Å². The quantitative estimate of drug-likeness (QED) is 0.890. The van der Waals surface area contributed by atoms with Crippen LogP contribution in [0.25, 0.3) is 0 Å². The first-order valence-corrected chi connectivity index (χ1v) is 6.91. The van der Waals surface area contributed by atoms with E-state index < -0.39 is 11.6 Å². The highest BCUT2D eigenvalue weighted by Crippen LogP contribution is 2.34. The second kappa shape index (κ2) is 6.17. The molecule has 0 aromatic heterocycles. The molecule has 2 N–H and O–H groups in total. The summed E-state index contributed by atoms with van der Waals surface area (Å²) in [6.07, 6.45) is 0.809. The molecular formula is C15H15F2NS. The van der Waals surface area contributed by atoms with Crippen molar-refractivity contribution < 1.29 is 8.78 Å². The molecular weight excluding hydrogens is 264 g/mol. The summed E-state index contributed by atoms with van der Waals surface area (Å²) < 4.78 is 26.5.